The largest absolute Gasteiger partial charge is 0.485 e. The van der Waals surface area contributed by atoms with E-state index >= 15 is 0 Å². The quantitative estimate of drug-likeness (QED) is 0.447. The van der Waals surface area contributed by atoms with Crippen molar-refractivity contribution >= 4 is 16.9 Å². The van der Waals surface area contributed by atoms with E-state index in [0.717, 1.165) is 38.9 Å². The fourth-order valence-corrected chi connectivity index (χ4v) is 3.41. The molecule has 2 N–H and O–H groups in total. The highest BCUT2D eigenvalue weighted by Gasteiger charge is 2.14. The molecule has 5 nitrogen and oxygen atoms in total. The van der Waals surface area contributed by atoms with E-state index in [1.165, 1.54) is 0 Å². The van der Waals surface area contributed by atoms with Crippen LogP contribution in [0.3, 0.4) is 0 Å². The minimum absolute atomic E-state index is 0.0980. The molecule has 4 rings (SSSR count). The summed E-state index contributed by atoms with van der Waals surface area (Å²) in [5.74, 6) is -0.0346. The number of benzene rings is 3. The number of aromatic amines is 1. The van der Waals surface area contributed by atoms with E-state index < -0.39 is 5.97 Å². The van der Waals surface area contributed by atoms with Crippen molar-refractivity contribution in [2.45, 2.75) is 25.9 Å². The van der Waals surface area contributed by atoms with Gasteiger partial charge in [0.05, 0.1) is 11.7 Å². The summed E-state index contributed by atoms with van der Waals surface area (Å²) < 4.78 is 6.32. The van der Waals surface area contributed by atoms with Gasteiger partial charge in [0.25, 0.3) is 0 Å². The van der Waals surface area contributed by atoms with Gasteiger partial charge in [-0.05, 0) is 54.3 Å². The molecule has 1 unspecified atom stereocenters. The molecule has 1 heterocycles. The van der Waals surface area contributed by atoms with Gasteiger partial charge in [-0.2, -0.15) is 5.10 Å². The molecular formula is C24H22N2O3. The molecule has 0 saturated heterocycles. The summed E-state index contributed by atoms with van der Waals surface area (Å²) in [5, 5.41) is 17.1. The molecule has 0 fully saturated rings. The van der Waals surface area contributed by atoms with Crippen LogP contribution in [0.25, 0.3) is 22.0 Å². The lowest BCUT2D eigenvalue weighted by Crippen LogP contribution is -2.04. The number of ether oxygens (including phenoxy) is 1. The molecule has 0 saturated carbocycles. The number of fused-ring (bicyclic) bond motifs is 1. The number of carbonyl (C=O) groups is 1. The van der Waals surface area contributed by atoms with Gasteiger partial charge in [0.2, 0.25) is 0 Å². The Morgan fingerprint density at radius 3 is 2.72 bits per heavy atom. The maximum atomic E-state index is 11.0. The highest BCUT2D eigenvalue weighted by atomic mass is 16.5. The van der Waals surface area contributed by atoms with Crippen molar-refractivity contribution in [2.75, 3.05) is 0 Å². The van der Waals surface area contributed by atoms with Crippen LogP contribution in [0.5, 0.6) is 5.75 Å². The van der Waals surface area contributed by atoms with Crippen LogP contribution in [0.1, 0.15) is 30.6 Å². The van der Waals surface area contributed by atoms with Gasteiger partial charge in [0.15, 0.2) is 0 Å². The Morgan fingerprint density at radius 2 is 1.93 bits per heavy atom. The fourth-order valence-electron chi connectivity index (χ4n) is 3.41. The van der Waals surface area contributed by atoms with Crippen LogP contribution in [0, 0.1) is 0 Å². The molecule has 29 heavy (non-hydrogen) atoms. The van der Waals surface area contributed by atoms with Gasteiger partial charge in [-0.3, -0.25) is 9.89 Å². The first-order valence-electron chi connectivity index (χ1n) is 9.60. The number of H-pyrrole nitrogens is 1. The van der Waals surface area contributed by atoms with Crippen LogP contribution >= 0.6 is 0 Å². The second-order valence-electron chi connectivity index (χ2n) is 7.07. The second-order valence-corrected chi connectivity index (χ2v) is 7.07. The number of nitrogens with zero attached hydrogens (tertiary/aromatic N) is 1. The van der Waals surface area contributed by atoms with Crippen LogP contribution in [0.4, 0.5) is 0 Å². The lowest BCUT2D eigenvalue weighted by Gasteiger charge is -2.19. The van der Waals surface area contributed by atoms with E-state index in [0.29, 0.717) is 6.42 Å². The molecule has 0 bridgehead atoms. The Hall–Kier alpha value is -3.60. The summed E-state index contributed by atoms with van der Waals surface area (Å²) in [4.78, 5) is 11.0. The summed E-state index contributed by atoms with van der Waals surface area (Å²) >= 11 is 0. The van der Waals surface area contributed by atoms with Gasteiger partial charge in [0.1, 0.15) is 11.9 Å². The lowest BCUT2D eigenvalue weighted by molar-refractivity contribution is -0.136. The van der Waals surface area contributed by atoms with E-state index in [2.05, 4.69) is 16.3 Å². The molecule has 0 amide bonds. The van der Waals surface area contributed by atoms with Gasteiger partial charge in [-0.15, -0.1) is 0 Å². The highest BCUT2D eigenvalue weighted by Crippen LogP contribution is 2.35. The monoisotopic (exact) mass is 386 g/mol. The zero-order valence-corrected chi connectivity index (χ0v) is 16.1. The molecule has 0 radical (unpaired) electrons. The predicted octanol–water partition coefficient (Wildman–Crippen LogP) is 5.39. The Kier molecular flexibility index (Phi) is 5.29. The molecule has 3 aromatic carbocycles. The minimum atomic E-state index is -0.801. The summed E-state index contributed by atoms with van der Waals surface area (Å²) in [5.41, 5.74) is 4.98. The number of aliphatic carboxylic acids is 1. The van der Waals surface area contributed by atoms with Gasteiger partial charge < -0.3 is 9.84 Å². The zero-order chi connectivity index (χ0) is 20.2. The molecule has 0 aliphatic heterocycles. The third-order valence-corrected chi connectivity index (χ3v) is 5.00. The number of carboxylic acids is 1. The summed E-state index contributed by atoms with van der Waals surface area (Å²) in [6, 6.07) is 22.1. The van der Waals surface area contributed by atoms with Crippen molar-refractivity contribution in [3.63, 3.8) is 0 Å². The molecule has 1 aromatic heterocycles. The number of carboxylic acid groups (broad SMARTS) is 1. The lowest BCUT2D eigenvalue weighted by atomic mass is 9.98. The Balaban J connectivity index is 1.72. The predicted molar refractivity (Wildman–Crippen MR) is 113 cm³/mol. The second kappa shape index (κ2) is 8.19. The average molecular weight is 386 g/mol. The van der Waals surface area contributed by atoms with Gasteiger partial charge in [-0.25, -0.2) is 0 Å². The molecule has 0 aliphatic rings. The van der Waals surface area contributed by atoms with Crippen molar-refractivity contribution in [2.24, 2.45) is 0 Å². The molecule has 146 valence electrons. The van der Waals surface area contributed by atoms with Crippen molar-refractivity contribution in [3.8, 4) is 16.9 Å². The first-order valence-corrected chi connectivity index (χ1v) is 9.60. The molecule has 1 atom stereocenters. The number of aryl methyl sites for hydroxylation is 1. The van der Waals surface area contributed by atoms with Crippen LogP contribution in [-0.4, -0.2) is 21.3 Å². The first-order chi connectivity index (χ1) is 14.1. The van der Waals surface area contributed by atoms with E-state index in [9.17, 15) is 4.79 Å². The van der Waals surface area contributed by atoms with Crippen molar-refractivity contribution in [1.29, 1.82) is 0 Å². The highest BCUT2D eigenvalue weighted by molar-refractivity contribution is 5.85. The van der Waals surface area contributed by atoms with Crippen molar-refractivity contribution < 1.29 is 14.6 Å². The topological polar surface area (TPSA) is 75.2 Å². The number of nitrogens with one attached hydrogen (secondary N) is 1. The summed E-state index contributed by atoms with van der Waals surface area (Å²) in [6.45, 7) is 2.02. The van der Waals surface area contributed by atoms with Crippen molar-refractivity contribution in [1.82, 2.24) is 10.2 Å². The maximum absolute atomic E-state index is 11.0. The number of hydrogen-bond acceptors (Lipinski definition) is 3. The van der Waals surface area contributed by atoms with Crippen LogP contribution in [0.15, 0.2) is 72.9 Å². The summed E-state index contributed by atoms with van der Waals surface area (Å²) in [7, 11) is 0. The SMILES string of the molecule is CC(Oc1ccc(CCC(=O)O)cc1-c1ccc2[nH]ncc2c1)c1ccccc1. The first kappa shape index (κ1) is 18.7. The van der Waals surface area contributed by atoms with Crippen LogP contribution < -0.4 is 4.74 Å². The third-order valence-electron chi connectivity index (χ3n) is 5.00. The number of hydrogen-bond donors (Lipinski definition) is 2. The van der Waals surface area contributed by atoms with E-state index in [1.54, 1.807) is 6.20 Å². The Bertz CT molecular complexity index is 1140. The van der Waals surface area contributed by atoms with Gasteiger partial charge in [-0.1, -0.05) is 42.5 Å². The average Bonchev–Trinajstić information content (AvgIpc) is 3.21. The molecule has 0 spiro atoms. The van der Waals surface area contributed by atoms with E-state index in [4.69, 9.17) is 9.84 Å². The maximum Gasteiger partial charge on any atom is 0.303 e. The smallest absolute Gasteiger partial charge is 0.303 e. The zero-order valence-electron chi connectivity index (χ0n) is 16.1. The summed E-state index contributed by atoms with van der Waals surface area (Å²) in [6.07, 6.45) is 2.25. The van der Waals surface area contributed by atoms with Gasteiger partial charge >= 0.3 is 5.97 Å². The Morgan fingerprint density at radius 1 is 1.10 bits per heavy atom. The van der Waals surface area contributed by atoms with Crippen LogP contribution in [-0.2, 0) is 11.2 Å². The third kappa shape index (κ3) is 4.29. The van der Waals surface area contributed by atoms with Crippen molar-refractivity contribution in [3.05, 3.63) is 84.1 Å². The molecule has 4 aromatic rings. The minimum Gasteiger partial charge on any atom is -0.485 e. The molecular weight excluding hydrogens is 364 g/mol. The van der Waals surface area contributed by atoms with E-state index in [1.807, 2.05) is 67.6 Å². The number of aromatic nitrogens is 2. The molecule has 0 aliphatic carbocycles. The normalized spacial score (nSPS) is 12.0. The van der Waals surface area contributed by atoms with E-state index in [-0.39, 0.29) is 12.5 Å². The standard InChI is InChI=1S/C24H22N2O3/c1-16(18-5-3-2-4-6-18)29-23-11-7-17(8-12-24(27)28)13-21(23)19-9-10-22-20(14-19)15-25-26-22/h2-7,9-11,13-16H,8,12H2,1H3,(H,25,26)(H,27,28). The number of rotatable bonds is 7. The van der Waals surface area contributed by atoms with Gasteiger partial charge in [0, 0.05) is 17.4 Å². The molecule has 5 heteroatoms. The van der Waals surface area contributed by atoms with Crippen LogP contribution in [0.2, 0.25) is 0 Å². The Labute approximate surface area is 169 Å². The fraction of sp³-hybridized carbons (Fsp3) is 0.167.